The van der Waals surface area contributed by atoms with Crippen molar-refractivity contribution >= 4 is 43.1 Å². The molecule has 10 aromatic rings. The van der Waals surface area contributed by atoms with Crippen molar-refractivity contribution in [2.75, 3.05) is 0 Å². The molecule has 10 aromatic carbocycles. The van der Waals surface area contributed by atoms with E-state index in [2.05, 4.69) is 206 Å². The Morgan fingerprint density at radius 1 is 0.192 bits per heavy atom. The van der Waals surface area contributed by atoms with Gasteiger partial charge in [-0.25, -0.2) is 0 Å². The van der Waals surface area contributed by atoms with Gasteiger partial charge < -0.3 is 0 Å². The van der Waals surface area contributed by atoms with Gasteiger partial charge >= 0.3 is 0 Å². The van der Waals surface area contributed by atoms with E-state index in [1.807, 2.05) is 0 Å². The lowest BCUT2D eigenvalue weighted by Gasteiger charge is -2.20. The monoisotopic (exact) mass is 658 g/mol. The molecule has 0 aliphatic carbocycles. The van der Waals surface area contributed by atoms with Crippen LogP contribution < -0.4 is 0 Å². The maximum absolute atomic E-state index is 2.40. The molecule has 242 valence electrons. The van der Waals surface area contributed by atoms with Crippen LogP contribution in [0.4, 0.5) is 0 Å². The third-order valence-electron chi connectivity index (χ3n) is 10.7. The highest BCUT2D eigenvalue weighted by Gasteiger charge is 2.20. The minimum atomic E-state index is 1.22. The number of hydrogen-bond donors (Lipinski definition) is 0. The van der Waals surface area contributed by atoms with Crippen LogP contribution in [0, 0.1) is 0 Å². The minimum absolute atomic E-state index is 1.22. The van der Waals surface area contributed by atoms with Crippen LogP contribution in [-0.2, 0) is 0 Å². The lowest BCUT2D eigenvalue weighted by Crippen LogP contribution is -1.93. The molecule has 0 aliphatic rings. The predicted octanol–water partition coefficient (Wildman–Crippen LogP) is 14.6. The summed E-state index contributed by atoms with van der Waals surface area (Å²) in [5, 5.41) is 10.1. The molecule has 52 heavy (non-hydrogen) atoms. The van der Waals surface area contributed by atoms with Gasteiger partial charge in [0, 0.05) is 0 Å². The lowest BCUT2D eigenvalue weighted by atomic mass is 9.83. The van der Waals surface area contributed by atoms with E-state index in [-0.39, 0.29) is 0 Å². The van der Waals surface area contributed by atoms with Gasteiger partial charge in [0.1, 0.15) is 0 Å². The van der Waals surface area contributed by atoms with Gasteiger partial charge in [0.25, 0.3) is 0 Å². The Hall–Kier alpha value is -6.76. The van der Waals surface area contributed by atoms with Crippen molar-refractivity contribution in [1.29, 1.82) is 0 Å². The maximum atomic E-state index is 2.40. The van der Waals surface area contributed by atoms with Crippen LogP contribution >= 0.6 is 0 Å². The second-order valence-corrected chi connectivity index (χ2v) is 13.6. The highest BCUT2D eigenvalue weighted by Crippen LogP contribution is 2.47. The van der Waals surface area contributed by atoms with Crippen molar-refractivity contribution in [3.8, 4) is 55.6 Å². The Labute approximate surface area is 303 Å². The molecule has 0 N–H and O–H groups in total. The molecule has 0 aliphatic heterocycles. The zero-order chi connectivity index (χ0) is 34.4. The fraction of sp³-hybridized carbons (Fsp3) is 0. The average Bonchev–Trinajstić information content (AvgIpc) is 3.22. The number of rotatable bonds is 5. The summed E-state index contributed by atoms with van der Waals surface area (Å²) in [5.74, 6) is 0. The van der Waals surface area contributed by atoms with E-state index in [1.165, 1.54) is 98.7 Å². The van der Waals surface area contributed by atoms with Gasteiger partial charge in [0.15, 0.2) is 0 Å². The first-order chi connectivity index (χ1) is 25.8. The van der Waals surface area contributed by atoms with Crippen molar-refractivity contribution in [2.45, 2.75) is 0 Å². The minimum Gasteiger partial charge on any atom is -0.0622 e. The van der Waals surface area contributed by atoms with Crippen molar-refractivity contribution < 1.29 is 0 Å². The van der Waals surface area contributed by atoms with E-state index >= 15 is 0 Å². The Morgan fingerprint density at radius 2 is 0.538 bits per heavy atom. The molecule has 0 aromatic heterocycles. The second kappa shape index (κ2) is 12.5. The Balaban J connectivity index is 1.17. The predicted molar refractivity (Wildman–Crippen MR) is 224 cm³/mol. The largest absolute Gasteiger partial charge is 0.0622 e. The van der Waals surface area contributed by atoms with Crippen molar-refractivity contribution in [3.05, 3.63) is 206 Å². The topological polar surface area (TPSA) is 0 Å². The first-order valence-corrected chi connectivity index (χ1v) is 18.0. The summed E-state index contributed by atoms with van der Waals surface area (Å²) in [6, 6.07) is 75.5. The van der Waals surface area contributed by atoms with Crippen LogP contribution in [0.15, 0.2) is 206 Å². The van der Waals surface area contributed by atoms with Gasteiger partial charge in [-0.2, -0.15) is 0 Å². The van der Waals surface area contributed by atoms with Crippen LogP contribution in [0.3, 0.4) is 0 Å². The zero-order valence-electron chi connectivity index (χ0n) is 28.6. The molecule has 10 rings (SSSR count). The lowest BCUT2D eigenvalue weighted by molar-refractivity contribution is 1.61. The fourth-order valence-electron chi connectivity index (χ4n) is 8.27. The summed E-state index contributed by atoms with van der Waals surface area (Å²) in [5.41, 5.74) is 12.5. The highest BCUT2D eigenvalue weighted by atomic mass is 14.2. The van der Waals surface area contributed by atoms with Crippen LogP contribution in [0.25, 0.3) is 98.7 Å². The summed E-state index contributed by atoms with van der Waals surface area (Å²) >= 11 is 0. The number of hydrogen-bond acceptors (Lipinski definition) is 0. The molecule has 0 nitrogen and oxygen atoms in total. The quantitative estimate of drug-likeness (QED) is 0.161. The number of fused-ring (bicyclic) bond motifs is 4. The molecule has 0 fully saturated rings. The van der Waals surface area contributed by atoms with Crippen molar-refractivity contribution in [3.63, 3.8) is 0 Å². The van der Waals surface area contributed by atoms with Gasteiger partial charge in [0.2, 0.25) is 0 Å². The summed E-state index contributed by atoms with van der Waals surface area (Å²) in [7, 11) is 0. The molecular formula is C52H34. The first-order valence-electron chi connectivity index (χ1n) is 18.0. The normalized spacial score (nSPS) is 11.5. The van der Waals surface area contributed by atoms with Crippen LogP contribution in [0.1, 0.15) is 0 Å². The van der Waals surface area contributed by atoms with Crippen LogP contribution in [-0.4, -0.2) is 0 Å². The Kier molecular flexibility index (Phi) is 7.25. The standard InChI is InChI=1S/C52H34/c1-3-15-35(16-4-1)41-31-32-42(44-22-10-9-21-43(41)44)37-27-29-38(30-28-37)51-45-23-11-13-25-47(45)52(48-26-14-12-24-46(48)51)50-34-40-20-8-7-19-39(40)33-49(50)36-17-5-2-6-18-36/h1-34H. The SMILES string of the molecule is c1ccc(-c2cc3ccccc3cc2-c2c3ccccc3c(-c3ccc(-c4ccc(-c5ccccc5)c5ccccc45)cc3)c3ccccc23)cc1. The van der Waals surface area contributed by atoms with E-state index in [1.54, 1.807) is 0 Å². The molecule has 0 atom stereocenters. The molecule has 0 unspecified atom stereocenters. The smallest absolute Gasteiger partial charge is 0.00199 e. The summed E-state index contributed by atoms with van der Waals surface area (Å²) in [6.07, 6.45) is 0. The molecule has 0 saturated heterocycles. The van der Waals surface area contributed by atoms with E-state index in [4.69, 9.17) is 0 Å². The van der Waals surface area contributed by atoms with Gasteiger partial charge in [-0.3, -0.25) is 0 Å². The average molecular weight is 659 g/mol. The van der Waals surface area contributed by atoms with E-state index < -0.39 is 0 Å². The van der Waals surface area contributed by atoms with E-state index in [0.717, 1.165) is 0 Å². The maximum Gasteiger partial charge on any atom is -0.00199 e. The van der Waals surface area contributed by atoms with Gasteiger partial charge in [0.05, 0.1) is 0 Å². The van der Waals surface area contributed by atoms with Gasteiger partial charge in [-0.1, -0.05) is 194 Å². The third-order valence-corrected chi connectivity index (χ3v) is 10.7. The molecular weight excluding hydrogens is 625 g/mol. The third kappa shape index (κ3) is 5.00. The first kappa shape index (κ1) is 30.1. The van der Waals surface area contributed by atoms with Crippen molar-refractivity contribution in [2.24, 2.45) is 0 Å². The second-order valence-electron chi connectivity index (χ2n) is 13.6. The molecule has 0 bridgehead atoms. The highest BCUT2D eigenvalue weighted by molar-refractivity contribution is 6.23. The molecule has 0 heterocycles. The van der Waals surface area contributed by atoms with Crippen LogP contribution in [0.2, 0.25) is 0 Å². The van der Waals surface area contributed by atoms with Gasteiger partial charge in [-0.05, 0) is 111 Å². The zero-order valence-corrected chi connectivity index (χ0v) is 28.6. The Bertz CT molecular complexity index is 2860. The molecule has 0 amide bonds. The summed E-state index contributed by atoms with van der Waals surface area (Å²) < 4.78 is 0. The van der Waals surface area contributed by atoms with Crippen molar-refractivity contribution in [1.82, 2.24) is 0 Å². The molecule has 0 saturated carbocycles. The van der Waals surface area contributed by atoms with E-state index in [0.29, 0.717) is 0 Å². The van der Waals surface area contributed by atoms with E-state index in [9.17, 15) is 0 Å². The molecule has 0 radical (unpaired) electrons. The van der Waals surface area contributed by atoms with Gasteiger partial charge in [-0.15, -0.1) is 0 Å². The Morgan fingerprint density at radius 3 is 1.04 bits per heavy atom. The fourth-order valence-corrected chi connectivity index (χ4v) is 8.27. The summed E-state index contributed by atoms with van der Waals surface area (Å²) in [6.45, 7) is 0. The van der Waals surface area contributed by atoms with Crippen LogP contribution in [0.5, 0.6) is 0 Å². The number of benzene rings is 10. The summed E-state index contributed by atoms with van der Waals surface area (Å²) in [4.78, 5) is 0. The molecule has 0 spiro atoms. The molecule has 0 heteroatoms.